The molecule has 1 aromatic heterocycles. The summed E-state index contributed by atoms with van der Waals surface area (Å²) in [7, 11) is 0. The predicted octanol–water partition coefficient (Wildman–Crippen LogP) is 1.42. The van der Waals surface area contributed by atoms with Gasteiger partial charge in [-0.3, -0.25) is 5.73 Å². The smallest absolute Gasteiger partial charge is 0.370 e. The van der Waals surface area contributed by atoms with Crippen molar-refractivity contribution in [2.75, 3.05) is 0 Å². The third kappa shape index (κ3) is 3.14. The van der Waals surface area contributed by atoms with Gasteiger partial charge in [-0.05, 0) is 30.9 Å². The number of alkyl halides is 3. The van der Waals surface area contributed by atoms with Crippen molar-refractivity contribution < 1.29 is 13.2 Å². The zero-order valence-electron chi connectivity index (χ0n) is 12.4. The molecular formula is C14H17F3N6. The van der Waals surface area contributed by atoms with Gasteiger partial charge in [0.1, 0.15) is 11.4 Å². The van der Waals surface area contributed by atoms with Gasteiger partial charge >= 0.3 is 6.18 Å². The molecule has 0 radical (unpaired) electrons. The van der Waals surface area contributed by atoms with Crippen LogP contribution in [0.15, 0.2) is 28.2 Å². The fourth-order valence-corrected chi connectivity index (χ4v) is 2.57. The van der Waals surface area contributed by atoms with E-state index in [1.165, 1.54) is 12.1 Å². The van der Waals surface area contributed by atoms with Crippen LogP contribution in [-0.2, 0) is 6.18 Å². The molecule has 0 saturated heterocycles. The molecule has 6 nitrogen and oxygen atoms in total. The summed E-state index contributed by atoms with van der Waals surface area (Å²) in [6.45, 7) is 1.92. The molecule has 1 aliphatic carbocycles. The number of hydrogen-bond donors (Lipinski definition) is 3. The standard InChI is InChI=1S/C14H17F3N6/c1-7(8-5-6-8)14(19)22-11(21-12(18)23-14)9-3-2-4-10(20-9)13(15,16)17/h2-4,7-8H,5-6,19H2,1H3,(H3,18,21,22,23)/t7-,14?/m1/s1. The summed E-state index contributed by atoms with van der Waals surface area (Å²) in [6.07, 6.45) is -2.46. The molecule has 23 heavy (non-hydrogen) atoms. The number of nitrogens with two attached hydrogens (primary N) is 2. The second-order valence-electron chi connectivity index (χ2n) is 5.90. The van der Waals surface area contributed by atoms with Crippen LogP contribution in [-0.4, -0.2) is 22.6 Å². The summed E-state index contributed by atoms with van der Waals surface area (Å²) in [6, 6.07) is 3.58. The zero-order valence-corrected chi connectivity index (χ0v) is 12.4. The number of amidine groups is 1. The first-order chi connectivity index (χ1) is 10.7. The molecule has 124 valence electrons. The third-order valence-corrected chi connectivity index (χ3v) is 4.12. The van der Waals surface area contributed by atoms with Crippen LogP contribution in [0.3, 0.4) is 0 Å². The number of aliphatic imine (C=N–C) groups is 2. The lowest BCUT2D eigenvalue weighted by molar-refractivity contribution is -0.141. The molecule has 1 aromatic rings. The van der Waals surface area contributed by atoms with Gasteiger partial charge in [0.15, 0.2) is 11.8 Å². The van der Waals surface area contributed by atoms with Crippen LogP contribution in [0.25, 0.3) is 0 Å². The Morgan fingerprint density at radius 2 is 2.00 bits per heavy atom. The van der Waals surface area contributed by atoms with Crippen molar-refractivity contribution in [1.82, 2.24) is 10.3 Å². The molecule has 9 heteroatoms. The molecule has 0 spiro atoms. The van der Waals surface area contributed by atoms with E-state index in [1.54, 1.807) is 0 Å². The quantitative estimate of drug-likeness (QED) is 0.782. The minimum absolute atomic E-state index is 0.0178. The fraction of sp³-hybridized carbons (Fsp3) is 0.500. The highest BCUT2D eigenvalue weighted by Crippen LogP contribution is 2.42. The van der Waals surface area contributed by atoms with E-state index in [0.29, 0.717) is 5.92 Å². The summed E-state index contributed by atoms with van der Waals surface area (Å²) in [5.74, 6) is -0.845. The lowest BCUT2D eigenvalue weighted by Crippen LogP contribution is -2.54. The maximum Gasteiger partial charge on any atom is 0.433 e. The van der Waals surface area contributed by atoms with Crippen molar-refractivity contribution in [3.63, 3.8) is 0 Å². The highest BCUT2D eigenvalue weighted by atomic mass is 19.4. The van der Waals surface area contributed by atoms with E-state index in [0.717, 1.165) is 18.9 Å². The van der Waals surface area contributed by atoms with Crippen molar-refractivity contribution in [3.8, 4) is 0 Å². The monoisotopic (exact) mass is 326 g/mol. The first-order valence-corrected chi connectivity index (χ1v) is 7.25. The summed E-state index contributed by atoms with van der Waals surface area (Å²) in [4.78, 5) is 12.1. The molecule has 1 fully saturated rings. The number of pyridine rings is 1. The summed E-state index contributed by atoms with van der Waals surface area (Å²) in [5.41, 5.74) is 11.0. The van der Waals surface area contributed by atoms with Crippen molar-refractivity contribution in [3.05, 3.63) is 29.6 Å². The molecule has 2 heterocycles. The van der Waals surface area contributed by atoms with Crippen molar-refractivity contribution >= 4 is 11.8 Å². The second-order valence-corrected chi connectivity index (χ2v) is 5.90. The Kier molecular flexibility index (Phi) is 3.55. The van der Waals surface area contributed by atoms with Gasteiger partial charge in [0.2, 0.25) is 5.79 Å². The van der Waals surface area contributed by atoms with Gasteiger partial charge in [-0.15, -0.1) is 0 Å². The maximum atomic E-state index is 12.8. The Labute approximate surface area is 130 Å². The molecule has 3 rings (SSSR count). The molecule has 1 aliphatic heterocycles. The average Bonchev–Trinajstić information content (AvgIpc) is 3.29. The minimum Gasteiger partial charge on any atom is -0.370 e. The molecule has 1 saturated carbocycles. The number of rotatable bonds is 3. The Hall–Kier alpha value is -2.16. The van der Waals surface area contributed by atoms with Gasteiger partial charge in [0.25, 0.3) is 0 Å². The lowest BCUT2D eigenvalue weighted by Gasteiger charge is -2.32. The number of halogens is 3. The van der Waals surface area contributed by atoms with E-state index in [9.17, 15) is 13.2 Å². The van der Waals surface area contributed by atoms with Gasteiger partial charge in [-0.25, -0.2) is 15.0 Å². The van der Waals surface area contributed by atoms with Gasteiger partial charge < -0.3 is 11.1 Å². The van der Waals surface area contributed by atoms with Crippen molar-refractivity contribution in [2.24, 2.45) is 33.3 Å². The van der Waals surface area contributed by atoms with E-state index >= 15 is 0 Å². The van der Waals surface area contributed by atoms with E-state index in [1.807, 2.05) is 6.92 Å². The number of aromatic nitrogens is 1. The molecule has 0 amide bonds. The average molecular weight is 326 g/mol. The van der Waals surface area contributed by atoms with Gasteiger partial charge in [-0.2, -0.15) is 13.2 Å². The van der Waals surface area contributed by atoms with E-state index in [4.69, 9.17) is 11.5 Å². The molecular weight excluding hydrogens is 309 g/mol. The highest BCUT2D eigenvalue weighted by molar-refractivity contribution is 6.08. The lowest BCUT2D eigenvalue weighted by atomic mass is 9.98. The normalized spacial score (nSPS) is 26.1. The Balaban J connectivity index is 1.97. The van der Waals surface area contributed by atoms with Crippen LogP contribution in [0.5, 0.6) is 0 Å². The fourth-order valence-electron chi connectivity index (χ4n) is 2.57. The SMILES string of the molecule is C[C@H](C1CC1)C1(N)N=C(N)NC(c2cccc(C(F)(F)F)n2)=N1. The number of nitrogens with zero attached hydrogens (tertiary/aromatic N) is 3. The molecule has 0 bridgehead atoms. The number of nitrogens with one attached hydrogen (secondary N) is 1. The Morgan fingerprint density at radius 3 is 2.61 bits per heavy atom. The molecule has 2 atom stereocenters. The summed E-state index contributed by atoms with van der Waals surface area (Å²) in [5, 5.41) is 2.65. The van der Waals surface area contributed by atoms with Gasteiger partial charge in [-0.1, -0.05) is 13.0 Å². The van der Waals surface area contributed by atoms with Gasteiger partial charge in [0, 0.05) is 5.92 Å². The molecule has 5 N–H and O–H groups in total. The van der Waals surface area contributed by atoms with E-state index < -0.39 is 17.7 Å². The van der Waals surface area contributed by atoms with Crippen LogP contribution >= 0.6 is 0 Å². The summed E-state index contributed by atoms with van der Waals surface area (Å²) < 4.78 is 38.4. The highest BCUT2D eigenvalue weighted by Gasteiger charge is 2.43. The Morgan fingerprint density at radius 1 is 1.30 bits per heavy atom. The minimum atomic E-state index is -4.54. The van der Waals surface area contributed by atoms with Gasteiger partial charge in [0.05, 0.1) is 0 Å². The van der Waals surface area contributed by atoms with E-state index in [-0.39, 0.29) is 23.4 Å². The first kappa shape index (κ1) is 15.7. The van der Waals surface area contributed by atoms with Crippen LogP contribution in [0, 0.1) is 11.8 Å². The maximum absolute atomic E-state index is 12.8. The van der Waals surface area contributed by atoms with Crippen molar-refractivity contribution in [1.29, 1.82) is 0 Å². The third-order valence-electron chi connectivity index (χ3n) is 4.12. The van der Waals surface area contributed by atoms with E-state index in [2.05, 4.69) is 20.3 Å². The largest absolute Gasteiger partial charge is 0.433 e. The van der Waals surface area contributed by atoms with Crippen LogP contribution in [0.4, 0.5) is 13.2 Å². The predicted molar refractivity (Wildman–Crippen MR) is 79.3 cm³/mol. The van der Waals surface area contributed by atoms with Crippen LogP contribution in [0.1, 0.15) is 31.2 Å². The summed E-state index contributed by atoms with van der Waals surface area (Å²) >= 11 is 0. The second kappa shape index (κ2) is 5.19. The zero-order chi connectivity index (χ0) is 16.8. The Bertz CT molecular complexity index is 679. The molecule has 2 aliphatic rings. The molecule has 1 unspecified atom stereocenters. The molecule has 0 aromatic carbocycles. The van der Waals surface area contributed by atoms with Crippen LogP contribution < -0.4 is 16.8 Å². The van der Waals surface area contributed by atoms with Crippen molar-refractivity contribution in [2.45, 2.75) is 31.7 Å². The van der Waals surface area contributed by atoms with Crippen LogP contribution in [0.2, 0.25) is 0 Å². The number of guanidine groups is 1. The first-order valence-electron chi connectivity index (χ1n) is 7.25. The number of hydrogen-bond acceptors (Lipinski definition) is 6. The topological polar surface area (TPSA) is 102 Å².